The molecule has 0 radical (unpaired) electrons. The zero-order valence-corrected chi connectivity index (χ0v) is 24.0. The fraction of sp³-hybridized carbons (Fsp3) is 0.500. The maximum absolute atomic E-state index is 13.3. The fourth-order valence-corrected chi connectivity index (χ4v) is 4.37. The molecule has 8 heteroatoms. The van der Waals surface area contributed by atoms with E-state index in [0.717, 1.165) is 23.4 Å². The number of esters is 2. The minimum atomic E-state index is -0.552. The molecule has 0 spiro atoms. The lowest BCUT2D eigenvalue weighted by atomic mass is 10.0. The van der Waals surface area contributed by atoms with E-state index in [4.69, 9.17) is 19.3 Å². The number of hydrogen-bond donors (Lipinski definition) is 0. The van der Waals surface area contributed by atoms with E-state index in [0.29, 0.717) is 43.9 Å². The second kappa shape index (κ2) is 15.8. The molecule has 1 aromatic carbocycles. The average Bonchev–Trinajstić information content (AvgIpc) is 3.30. The third-order valence-electron chi connectivity index (χ3n) is 5.84. The summed E-state index contributed by atoms with van der Waals surface area (Å²) in [5, 5.41) is 4.94. The van der Waals surface area contributed by atoms with Crippen LogP contribution in [0.25, 0.3) is 16.6 Å². The number of anilines is 1. The Morgan fingerprint density at radius 3 is 2.03 bits per heavy atom. The summed E-state index contributed by atoms with van der Waals surface area (Å²) < 4.78 is 18.1. The van der Waals surface area contributed by atoms with Crippen LogP contribution in [0.2, 0.25) is 0 Å². The summed E-state index contributed by atoms with van der Waals surface area (Å²) in [6, 6.07) is 11.8. The van der Waals surface area contributed by atoms with Gasteiger partial charge in [-0.2, -0.15) is 0 Å². The zero-order chi connectivity index (χ0) is 28.1. The maximum atomic E-state index is 13.3. The number of morpholine rings is 1. The molecule has 1 aliphatic rings. The van der Waals surface area contributed by atoms with E-state index < -0.39 is 11.9 Å². The van der Waals surface area contributed by atoms with Crippen molar-refractivity contribution in [2.45, 2.75) is 61.3 Å². The van der Waals surface area contributed by atoms with Gasteiger partial charge in [0.25, 0.3) is 0 Å². The van der Waals surface area contributed by atoms with Crippen LogP contribution in [0.4, 0.5) is 5.82 Å². The van der Waals surface area contributed by atoms with Crippen molar-refractivity contribution < 1.29 is 23.8 Å². The molecule has 0 bridgehead atoms. The number of carbonyl (C=O) groups is 2. The molecule has 8 nitrogen and oxygen atoms in total. The summed E-state index contributed by atoms with van der Waals surface area (Å²) >= 11 is 0. The quantitative estimate of drug-likeness (QED) is 0.324. The molecule has 1 saturated heterocycles. The minimum absolute atomic E-state index is 0.196. The average molecular weight is 526 g/mol. The Labute approximate surface area is 226 Å². The molecule has 0 amide bonds. The van der Waals surface area contributed by atoms with Crippen LogP contribution in [0.15, 0.2) is 36.4 Å². The molecule has 0 saturated carbocycles. The van der Waals surface area contributed by atoms with Gasteiger partial charge in [-0.15, -0.1) is 5.10 Å². The van der Waals surface area contributed by atoms with Crippen molar-refractivity contribution in [1.29, 1.82) is 0 Å². The molecule has 0 unspecified atom stereocenters. The van der Waals surface area contributed by atoms with Crippen molar-refractivity contribution in [2.75, 3.05) is 44.4 Å². The van der Waals surface area contributed by atoms with Gasteiger partial charge in [0.2, 0.25) is 0 Å². The van der Waals surface area contributed by atoms with Gasteiger partial charge in [0.15, 0.2) is 0 Å². The summed E-state index contributed by atoms with van der Waals surface area (Å²) in [4.78, 5) is 28.6. The largest absolute Gasteiger partial charge is 0.462 e. The Kier molecular flexibility index (Phi) is 12.8. The van der Waals surface area contributed by atoms with E-state index in [1.807, 2.05) is 71.0 Å². The Morgan fingerprint density at radius 1 is 0.895 bits per heavy atom. The van der Waals surface area contributed by atoms with Crippen molar-refractivity contribution in [3.8, 4) is 11.1 Å². The minimum Gasteiger partial charge on any atom is -0.462 e. The van der Waals surface area contributed by atoms with Gasteiger partial charge in [0.1, 0.15) is 11.4 Å². The van der Waals surface area contributed by atoms with E-state index in [-0.39, 0.29) is 24.3 Å². The van der Waals surface area contributed by atoms with Crippen molar-refractivity contribution in [2.24, 2.45) is 0 Å². The molecule has 3 aromatic rings. The van der Waals surface area contributed by atoms with E-state index in [1.165, 1.54) is 0 Å². The van der Waals surface area contributed by atoms with Gasteiger partial charge in [-0.3, -0.25) is 0 Å². The number of hydrogen-bond acceptors (Lipinski definition) is 7. The van der Waals surface area contributed by atoms with Gasteiger partial charge in [-0.25, -0.2) is 14.1 Å². The molecule has 0 N–H and O–H groups in total. The smallest absolute Gasteiger partial charge is 0.341 e. The first kappa shape index (κ1) is 30.8. The molecule has 208 valence electrons. The third kappa shape index (κ3) is 6.72. The molecule has 0 aliphatic carbocycles. The van der Waals surface area contributed by atoms with Gasteiger partial charge in [-0.1, -0.05) is 71.4 Å². The highest BCUT2D eigenvalue weighted by molar-refractivity contribution is 6.12. The molecule has 1 aliphatic heterocycles. The first-order valence-corrected chi connectivity index (χ1v) is 13.9. The Bertz CT molecular complexity index is 1170. The fourth-order valence-electron chi connectivity index (χ4n) is 4.37. The summed E-state index contributed by atoms with van der Waals surface area (Å²) in [5.41, 5.74) is 3.41. The van der Waals surface area contributed by atoms with Crippen LogP contribution in [0, 0.1) is 0 Å². The van der Waals surface area contributed by atoms with E-state index >= 15 is 0 Å². The lowest BCUT2D eigenvalue weighted by Gasteiger charge is -2.28. The zero-order valence-electron chi connectivity index (χ0n) is 24.0. The molecular weight excluding hydrogens is 482 g/mol. The molecule has 38 heavy (non-hydrogen) atoms. The number of benzene rings is 1. The van der Waals surface area contributed by atoms with Crippen LogP contribution in [0.1, 0.15) is 81.3 Å². The number of nitrogens with zero attached hydrogens (tertiary/aromatic N) is 3. The number of aromatic nitrogens is 2. The number of carbonyl (C=O) groups excluding carboxylic acids is 2. The predicted molar refractivity (Wildman–Crippen MR) is 152 cm³/mol. The number of ether oxygens (including phenoxy) is 3. The predicted octanol–water partition coefficient (Wildman–Crippen LogP) is 6.20. The van der Waals surface area contributed by atoms with Gasteiger partial charge in [0.05, 0.1) is 43.2 Å². The normalized spacial score (nSPS) is 12.7. The molecule has 2 aromatic heterocycles. The number of rotatable bonds is 8. The lowest BCUT2D eigenvalue weighted by molar-refractivity contribution is 0.0480. The van der Waals surface area contributed by atoms with Gasteiger partial charge < -0.3 is 19.1 Å². The van der Waals surface area contributed by atoms with Gasteiger partial charge >= 0.3 is 11.9 Å². The summed E-state index contributed by atoms with van der Waals surface area (Å²) in [7, 11) is 0. The van der Waals surface area contributed by atoms with Crippen LogP contribution >= 0.6 is 0 Å². The standard InChI is InChI=1S/C26H31N3O5.2C2H6/c1-4-10-20-22(25(30)33-5-2)23(26(31)34-6-3)24-19(18-11-8-7-9-12-18)17-21(27-29(20)24)28-13-15-32-16-14-28;2*1-2/h7-9,11-12,17H,4-6,10,13-16H2,1-3H3;2*1-2H3. The lowest BCUT2D eigenvalue weighted by Crippen LogP contribution is -2.37. The molecule has 4 rings (SSSR count). The topological polar surface area (TPSA) is 82.4 Å². The summed E-state index contributed by atoms with van der Waals surface area (Å²) in [5.74, 6) is -0.317. The molecule has 3 heterocycles. The maximum Gasteiger partial charge on any atom is 0.341 e. The highest BCUT2D eigenvalue weighted by Gasteiger charge is 2.33. The van der Waals surface area contributed by atoms with E-state index in [9.17, 15) is 9.59 Å². The second-order valence-electron chi connectivity index (χ2n) is 8.03. The number of fused-ring (bicyclic) bond motifs is 1. The van der Waals surface area contributed by atoms with E-state index in [1.54, 1.807) is 18.4 Å². The Balaban J connectivity index is 0.00000121. The highest BCUT2D eigenvalue weighted by Crippen LogP contribution is 2.36. The SMILES string of the molecule is CC.CC.CCCc1c(C(=O)OCC)c(C(=O)OCC)c2c(-c3ccccc3)cc(N3CCOCC3)nn12. The van der Waals surface area contributed by atoms with Crippen LogP contribution < -0.4 is 4.90 Å². The van der Waals surface area contributed by atoms with Gasteiger partial charge in [-0.05, 0) is 31.9 Å². The van der Waals surface area contributed by atoms with Crippen LogP contribution in [-0.4, -0.2) is 61.1 Å². The molecule has 0 atom stereocenters. The number of aryl methyl sites for hydroxylation is 1. The molecule has 1 fully saturated rings. The Morgan fingerprint density at radius 2 is 1.47 bits per heavy atom. The second-order valence-corrected chi connectivity index (χ2v) is 8.03. The first-order valence-electron chi connectivity index (χ1n) is 13.9. The van der Waals surface area contributed by atoms with Crippen molar-refractivity contribution in [3.63, 3.8) is 0 Å². The van der Waals surface area contributed by atoms with Crippen LogP contribution in [0.5, 0.6) is 0 Å². The van der Waals surface area contributed by atoms with Crippen molar-refractivity contribution in [1.82, 2.24) is 9.61 Å². The first-order chi connectivity index (χ1) is 18.6. The highest BCUT2D eigenvalue weighted by atomic mass is 16.5. The van der Waals surface area contributed by atoms with Crippen molar-refractivity contribution >= 4 is 23.3 Å². The van der Waals surface area contributed by atoms with Crippen LogP contribution in [0.3, 0.4) is 0 Å². The third-order valence-corrected chi connectivity index (χ3v) is 5.84. The summed E-state index contributed by atoms with van der Waals surface area (Å²) in [6.07, 6.45) is 1.33. The van der Waals surface area contributed by atoms with E-state index in [2.05, 4.69) is 4.90 Å². The monoisotopic (exact) mass is 525 g/mol. The Hall–Kier alpha value is -3.39. The van der Waals surface area contributed by atoms with Gasteiger partial charge in [0, 0.05) is 18.7 Å². The summed E-state index contributed by atoms with van der Waals surface area (Å²) in [6.45, 7) is 16.6. The van der Waals surface area contributed by atoms with Crippen LogP contribution in [-0.2, 0) is 20.6 Å². The molecular formula is C30H43N3O5. The van der Waals surface area contributed by atoms with Crippen molar-refractivity contribution in [3.05, 3.63) is 53.2 Å².